The lowest BCUT2D eigenvalue weighted by molar-refractivity contribution is 0.0686. The molecular weight excluding hydrogens is 260 g/mol. The Morgan fingerprint density at radius 1 is 1.05 bits per heavy atom. The van der Waals surface area contributed by atoms with Crippen LogP contribution >= 0.6 is 0 Å². The van der Waals surface area contributed by atoms with Gasteiger partial charge in [0.1, 0.15) is 24.5 Å². The summed E-state index contributed by atoms with van der Waals surface area (Å²) < 4.78 is 10.8. The lowest BCUT2D eigenvalue weighted by Crippen LogP contribution is -2.18. The standard InChI is InChI=1S/C15H12O5/c16-11-3-1-2-9(6-11)10-7-12(15(17)18)14-13(8-10)19-4-5-20-14/h1-3,6-8,16H,4-5H2,(H,17,18). The molecule has 20 heavy (non-hydrogen) atoms. The van der Waals surface area contributed by atoms with Crippen LogP contribution in [0.3, 0.4) is 0 Å². The summed E-state index contributed by atoms with van der Waals surface area (Å²) in [6, 6.07) is 9.84. The van der Waals surface area contributed by atoms with E-state index in [1.54, 1.807) is 30.3 Å². The number of carboxylic acid groups (broad SMARTS) is 1. The van der Waals surface area contributed by atoms with Gasteiger partial charge in [-0.2, -0.15) is 0 Å². The molecule has 2 aromatic rings. The van der Waals surface area contributed by atoms with Gasteiger partial charge < -0.3 is 19.7 Å². The molecule has 0 radical (unpaired) electrons. The van der Waals surface area contributed by atoms with E-state index in [2.05, 4.69) is 0 Å². The van der Waals surface area contributed by atoms with Crippen LogP contribution in [0.5, 0.6) is 17.2 Å². The molecule has 0 atom stereocenters. The number of benzene rings is 2. The van der Waals surface area contributed by atoms with Crippen LogP contribution in [0.1, 0.15) is 10.4 Å². The summed E-state index contributed by atoms with van der Waals surface area (Å²) in [7, 11) is 0. The van der Waals surface area contributed by atoms with Crippen molar-refractivity contribution in [3.05, 3.63) is 42.0 Å². The van der Waals surface area contributed by atoms with Crippen LogP contribution in [0.2, 0.25) is 0 Å². The van der Waals surface area contributed by atoms with E-state index in [-0.39, 0.29) is 17.1 Å². The monoisotopic (exact) mass is 272 g/mol. The smallest absolute Gasteiger partial charge is 0.339 e. The van der Waals surface area contributed by atoms with Crippen molar-refractivity contribution < 1.29 is 24.5 Å². The van der Waals surface area contributed by atoms with Gasteiger partial charge >= 0.3 is 5.97 Å². The number of phenols is 1. The molecule has 5 nitrogen and oxygen atoms in total. The fourth-order valence-electron chi connectivity index (χ4n) is 2.16. The van der Waals surface area contributed by atoms with Crippen LogP contribution in [0, 0.1) is 0 Å². The number of carboxylic acids is 1. The average molecular weight is 272 g/mol. The van der Waals surface area contributed by atoms with E-state index in [1.165, 1.54) is 6.07 Å². The highest BCUT2D eigenvalue weighted by Gasteiger charge is 2.22. The molecule has 0 spiro atoms. The average Bonchev–Trinajstić information content (AvgIpc) is 2.46. The fourth-order valence-corrected chi connectivity index (χ4v) is 2.16. The zero-order valence-corrected chi connectivity index (χ0v) is 10.5. The van der Waals surface area contributed by atoms with E-state index in [0.717, 1.165) is 0 Å². The molecular formula is C15H12O5. The van der Waals surface area contributed by atoms with Crippen molar-refractivity contribution in [3.8, 4) is 28.4 Å². The van der Waals surface area contributed by atoms with Gasteiger partial charge in [-0.3, -0.25) is 0 Å². The molecule has 1 aliphatic heterocycles. The van der Waals surface area contributed by atoms with E-state index in [9.17, 15) is 15.0 Å². The first-order chi connectivity index (χ1) is 9.65. The number of aromatic carboxylic acids is 1. The van der Waals surface area contributed by atoms with Gasteiger partial charge in [-0.15, -0.1) is 0 Å². The first kappa shape index (κ1) is 12.3. The van der Waals surface area contributed by atoms with E-state index in [1.807, 2.05) is 0 Å². The second kappa shape index (κ2) is 4.77. The fraction of sp³-hybridized carbons (Fsp3) is 0.133. The number of phenolic OH excluding ortho intramolecular Hbond substituents is 1. The first-order valence-electron chi connectivity index (χ1n) is 6.11. The Kier molecular flexibility index (Phi) is 2.95. The quantitative estimate of drug-likeness (QED) is 0.878. The summed E-state index contributed by atoms with van der Waals surface area (Å²) in [6.07, 6.45) is 0. The zero-order valence-electron chi connectivity index (χ0n) is 10.5. The molecule has 1 aliphatic rings. The number of carbonyl (C=O) groups is 1. The first-order valence-corrected chi connectivity index (χ1v) is 6.11. The summed E-state index contributed by atoms with van der Waals surface area (Å²) in [5, 5.41) is 18.8. The highest BCUT2D eigenvalue weighted by molar-refractivity contribution is 5.94. The molecule has 5 heteroatoms. The largest absolute Gasteiger partial charge is 0.508 e. The van der Waals surface area contributed by atoms with Crippen molar-refractivity contribution in [1.29, 1.82) is 0 Å². The Bertz CT molecular complexity index is 678. The van der Waals surface area contributed by atoms with Crippen molar-refractivity contribution in [2.45, 2.75) is 0 Å². The van der Waals surface area contributed by atoms with E-state index >= 15 is 0 Å². The normalized spacial score (nSPS) is 13.0. The van der Waals surface area contributed by atoms with E-state index in [4.69, 9.17) is 9.47 Å². The van der Waals surface area contributed by atoms with Gasteiger partial charge in [0.05, 0.1) is 0 Å². The third-order valence-electron chi connectivity index (χ3n) is 3.05. The minimum absolute atomic E-state index is 0.0561. The number of ether oxygens (including phenoxy) is 2. The molecule has 1 heterocycles. The topological polar surface area (TPSA) is 76.0 Å². The van der Waals surface area contributed by atoms with Crippen LogP contribution in [0.4, 0.5) is 0 Å². The predicted molar refractivity (Wildman–Crippen MR) is 71.5 cm³/mol. The molecule has 0 amide bonds. The summed E-state index contributed by atoms with van der Waals surface area (Å²) in [5.74, 6) is -0.287. The molecule has 0 fully saturated rings. The van der Waals surface area contributed by atoms with Crippen LogP contribution in [0.25, 0.3) is 11.1 Å². The third kappa shape index (κ3) is 2.14. The minimum atomic E-state index is -1.08. The Hall–Kier alpha value is -2.69. The van der Waals surface area contributed by atoms with E-state index < -0.39 is 5.97 Å². The SMILES string of the molecule is O=C(O)c1cc(-c2cccc(O)c2)cc2c1OCCO2. The van der Waals surface area contributed by atoms with Crippen molar-refractivity contribution in [3.63, 3.8) is 0 Å². The maximum Gasteiger partial charge on any atom is 0.339 e. The summed E-state index contributed by atoms with van der Waals surface area (Å²) in [4.78, 5) is 11.3. The van der Waals surface area contributed by atoms with Crippen molar-refractivity contribution >= 4 is 5.97 Å². The third-order valence-corrected chi connectivity index (χ3v) is 3.05. The number of hydrogen-bond donors (Lipinski definition) is 2. The van der Waals surface area contributed by atoms with Gasteiger partial charge in [0.25, 0.3) is 0 Å². The maximum atomic E-state index is 11.3. The zero-order chi connectivity index (χ0) is 14.1. The summed E-state index contributed by atoms with van der Waals surface area (Å²) >= 11 is 0. The van der Waals surface area contributed by atoms with Crippen molar-refractivity contribution in [2.75, 3.05) is 13.2 Å². The Morgan fingerprint density at radius 3 is 2.60 bits per heavy atom. The molecule has 0 saturated carbocycles. The van der Waals surface area contributed by atoms with Gasteiger partial charge in [0.2, 0.25) is 0 Å². The molecule has 3 rings (SSSR count). The number of hydrogen-bond acceptors (Lipinski definition) is 4. The Morgan fingerprint density at radius 2 is 1.85 bits per heavy atom. The van der Waals surface area contributed by atoms with Crippen molar-refractivity contribution in [1.82, 2.24) is 0 Å². The maximum absolute atomic E-state index is 11.3. The van der Waals surface area contributed by atoms with Gasteiger partial charge in [-0.1, -0.05) is 12.1 Å². The number of fused-ring (bicyclic) bond motifs is 1. The highest BCUT2D eigenvalue weighted by Crippen LogP contribution is 2.38. The lowest BCUT2D eigenvalue weighted by Gasteiger charge is -2.21. The molecule has 102 valence electrons. The number of aromatic hydroxyl groups is 1. The van der Waals surface area contributed by atoms with Gasteiger partial charge in [0.15, 0.2) is 11.5 Å². The molecule has 0 bridgehead atoms. The van der Waals surface area contributed by atoms with Gasteiger partial charge in [-0.05, 0) is 35.4 Å². The highest BCUT2D eigenvalue weighted by atomic mass is 16.6. The van der Waals surface area contributed by atoms with Crippen LogP contribution < -0.4 is 9.47 Å². The van der Waals surface area contributed by atoms with Crippen LogP contribution in [-0.4, -0.2) is 29.4 Å². The predicted octanol–water partition coefficient (Wildman–Crippen LogP) is 2.53. The van der Waals surface area contributed by atoms with Gasteiger partial charge in [-0.25, -0.2) is 4.79 Å². The summed E-state index contributed by atoms with van der Waals surface area (Å²) in [5.41, 5.74) is 1.42. The molecule has 0 saturated heterocycles. The van der Waals surface area contributed by atoms with E-state index in [0.29, 0.717) is 30.1 Å². The molecule has 0 unspecified atom stereocenters. The molecule has 0 aliphatic carbocycles. The molecule has 2 aromatic carbocycles. The molecule has 0 aromatic heterocycles. The van der Waals surface area contributed by atoms with Crippen molar-refractivity contribution in [2.24, 2.45) is 0 Å². The number of rotatable bonds is 2. The second-order valence-electron chi connectivity index (χ2n) is 4.40. The van der Waals surface area contributed by atoms with Gasteiger partial charge in [0, 0.05) is 0 Å². The van der Waals surface area contributed by atoms with Crippen LogP contribution in [-0.2, 0) is 0 Å². The molecule has 2 N–H and O–H groups in total. The lowest BCUT2D eigenvalue weighted by atomic mass is 10.0. The minimum Gasteiger partial charge on any atom is -0.508 e. The van der Waals surface area contributed by atoms with Crippen LogP contribution in [0.15, 0.2) is 36.4 Å². The summed E-state index contributed by atoms with van der Waals surface area (Å²) in [6.45, 7) is 0.717. The Labute approximate surface area is 115 Å². The second-order valence-corrected chi connectivity index (χ2v) is 4.40. The Balaban J connectivity index is 2.17.